The average Bonchev–Trinajstić information content (AvgIpc) is 2.38. The van der Waals surface area contributed by atoms with E-state index in [4.69, 9.17) is 5.73 Å². The van der Waals surface area contributed by atoms with Crippen molar-refractivity contribution in [2.45, 2.75) is 45.1 Å². The number of rotatable bonds is 3. The second-order valence-electron chi connectivity index (χ2n) is 6.10. The first kappa shape index (κ1) is 15.0. The van der Waals surface area contributed by atoms with E-state index < -0.39 is 0 Å². The third-order valence-corrected chi connectivity index (χ3v) is 4.29. The minimum atomic E-state index is -0.320. The van der Waals surface area contributed by atoms with Crippen LogP contribution in [0, 0.1) is 18.7 Å². The minimum Gasteiger partial charge on any atom is -0.345 e. The molecule has 0 saturated heterocycles. The number of carbonyl (C=O) groups excluding carboxylic acids is 1. The van der Waals surface area contributed by atoms with Crippen LogP contribution < -0.4 is 11.1 Å². The quantitative estimate of drug-likeness (QED) is 0.893. The topological polar surface area (TPSA) is 55.1 Å². The predicted octanol–water partition coefficient (Wildman–Crippen LogP) is 2.77. The first-order valence-electron chi connectivity index (χ1n) is 7.24. The highest BCUT2D eigenvalue weighted by atomic mass is 19.1. The number of benzene rings is 1. The van der Waals surface area contributed by atoms with Gasteiger partial charge < -0.3 is 11.1 Å². The number of nitrogens with two attached hydrogens (primary N) is 1. The van der Waals surface area contributed by atoms with Gasteiger partial charge in [-0.15, -0.1) is 0 Å². The smallest absolute Gasteiger partial charge is 0.252 e. The summed E-state index contributed by atoms with van der Waals surface area (Å²) in [6.45, 7) is 4.39. The Morgan fingerprint density at radius 1 is 1.55 bits per heavy atom. The van der Waals surface area contributed by atoms with Gasteiger partial charge >= 0.3 is 0 Å². The van der Waals surface area contributed by atoms with E-state index >= 15 is 0 Å². The Morgan fingerprint density at radius 2 is 2.30 bits per heavy atom. The van der Waals surface area contributed by atoms with E-state index in [-0.39, 0.29) is 17.3 Å². The molecule has 2 unspecified atom stereocenters. The summed E-state index contributed by atoms with van der Waals surface area (Å²) in [6, 6.07) is 4.24. The van der Waals surface area contributed by atoms with Gasteiger partial charge in [0.15, 0.2) is 0 Å². The molecule has 1 aliphatic rings. The van der Waals surface area contributed by atoms with Gasteiger partial charge in [0.05, 0.1) is 5.54 Å². The molecule has 1 amide bonds. The van der Waals surface area contributed by atoms with Crippen LogP contribution in [-0.4, -0.2) is 18.0 Å². The number of aryl methyl sites for hydroxylation is 1. The van der Waals surface area contributed by atoms with E-state index in [1.54, 1.807) is 6.92 Å². The zero-order valence-corrected chi connectivity index (χ0v) is 12.2. The van der Waals surface area contributed by atoms with Gasteiger partial charge in [-0.25, -0.2) is 4.39 Å². The van der Waals surface area contributed by atoms with Crippen molar-refractivity contribution in [3.05, 3.63) is 35.1 Å². The molecule has 1 aromatic rings. The third-order valence-electron chi connectivity index (χ3n) is 4.29. The molecule has 2 atom stereocenters. The van der Waals surface area contributed by atoms with E-state index in [2.05, 4.69) is 12.2 Å². The van der Waals surface area contributed by atoms with Crippen LogP contribution in [0.1, 0.15) is 48.5 Å². The Morgan fingerprint density at radius 3 is 2.90 bits per heavy atom. The SMILES string of the molecule is Cc1cc(F)ccc1C(=O)NC1(CN)CCCC(C)C1. The zero-order chi connectivity index (χ0) is 14.8. The second-order valence-corrected chi connectivity index (χ2v) is 6.10. The largest absolute Gasteiger partial charge is 0.345 e. The van der Waals surface area contributed by atoms with Gasteiger partial charge in [0.2, 0.25) is 0 Å². The molecule has 3 nitrogen and oxygen atoms in total. The maximum absolute atomic E-state index is 13.1. The first-order chi connectivity index (χ1) is 9.46. The number of hydrogen-bond acceptors (Lipinski definition) is 2. The van der Waals surface area contributed by atoms with Crippen LogP contribution >= 0.6 is 0 Å². The highest BCUT2D eigenvalue weighted by Crippen LogP contribution is 2.32. The Bertz CT molecular complexity index is 503. The van der Waals surface area contributed by atoms with Crippen LogP contribution in [-0.2, 0) is 0 Å². The lowest BCUT2D eigenvalue weighted by atomic mass is 9.76. The van der Waals surface area contributed by atoms with Crippen molar-refractivity contribution in [1.82, 2.24) is 5.32 Å². The molecule has 1 fully saturated rings. The van der Waals surface area contributed by atoms with Crippen LogP contribution in [0.2, 0.25) is 0 Å². The van der Waals surface area contributed by atoms with Gasteiger partial charge in [0, 0.05) is 12.1 Å². The van der Waals surface area contributed by atoms with Crippen molar-refractivity contribution in [2.75, 3.05) is 6.54 Å². The Kier molecular flexibility index (Phi) is 4.43. The van der Waals surface area contributed by atoms with Gasteiger partial charge in [-0.05, 0) is 49.4 Å². The van der Waals surface area contributed by atoms with Crippen molar-refractivity contribution in [3.63, 3.8) is 0 Å². The second kappa shape index (κ2) is 5.92. The van der Waals surface area contributed by atoms with Crippen molar-refractivity contribution in [2.24, 2.45) is 11.7 Å². The maximum Gasteiger partial charge on any atom is 0.252 e. The van der Waals surface area contributed by atoms with E-state index in [1.165, 1.54) is 24.6 Å². The lowest BCUT2D eigenvalue weighted by molar-refractivity contribution is 0.0853. The van der Waals surface area contributed by atoms with Gasteiger partial charge in [-0.3, -0.25) is 4.79 Å². The van der Waals surface area contributed by atoms with E-state index in [9.17, 15) is 9.18 Å². The first-order valence-corrected chi connectivity index (χ1v) is 7.24. The van der Waals surface area contributed by atoms with Crippen LogP contribution in [0.15, 0.2) is 18.2 Å². The van der Waals surface area contributed by atoms with Crippen molar-refractivity contribution < 1.29 is 9.18 Å². The molecule has 0 heterocycles. The average molecular weight is 278 g/mol. The number of amides is 1. The molecular weight excluding hydrogens is 255 g/mol. The number of carbonyl (C=O) groups is 1. The molecule has 4 heteroatoms. The summed E-state index contributed by atoms with van der Waals surface area (Å²) in [6.07, 6.45) is 4.10. The van der Waals surface area contributed by atoms with E-state index in [0.717, 1.165) is 19.3 Å². The summed E-state index contributed by atoms with van der Waals surface area (Å²) in [5, 5.41) is 3.10. The molecule has 0 aliphatic heterocycles. The molecule has 0 spiro atoms. The molecule has 0 bridgehead atoms. The summed E-state index contributed by atoms with van der Waals surface area (Å²) in [5.74, 6) is 0.0999. The molecule has 1 saturated carbocycles. The van der Waals surface area contributed by atoms with Gasteiger partial charge in [-0.1, -0.05) is 19.8 Å². The van der Waals surface area contributed by atoms with Gasteiger partial charge in [0.25, 0.3) is 5.91 Å². The Hall–Kier alpha value is -1.42. The van der Waals surface area contributed by atoms with E-state index in [0.29, 0.717) is 23.6 Å². The minimum absolute atomic E-state index is 0.151. The van der Waals surface area contributed by atoms with Crippen LogP contribution in [0.3, 0.4) is 0 Å². The molecular formula is C16H23FN2O. The molecule has 0 aromatic heterocycles. The molecule has 20 heavy (non-hydrogen) atoms. The molecule has 3 N–H and O–H groups in total. The fourth-order valence-electron chi connectivity index (χ4n) is 3.20. The van der Waals surface area contributed by atoms with Crippen LogP contribution in [0.4, 0.5) is 4.39 Å². The molecule has 0 radical (unpaired) electrons. The molecule has 110 valence electrons. The maximum atomic E-state index is 13.1. The summed E-state index contributed by atoms with van der Waals surface area (Å²) in [5.41, 5.74) is 6.78. The van der Waals surface area contributed by atoms with Gasteiger partial charge in [-0.2, -0.15) is 0 Å². The van der Waals surface area contributed by atoms with Crippen LogP contribution in [0.5, 0.6) is 0 Å². The lowest BCUT2D eigenvalue weighted by Crippen LogP contribution is -2.56. The van der Waals surface area contributed by atoms with Crippen molar-refractivity contribution in [1.29, 1.82) is 0 Å². The zero-order valence-electron chi connectivity index (χ0n) is 12.2. The third kappa shape index (κ3) is 3.18. The summed E-state index contributed by atoms with van der Waals surface area (Å²) in [4.78, 5) is 12.4. The lowest BCUT2D eigenvalue weighted by Gasteiger charge is -2.40. The highest BCUT2D eigenvalue weighted by Gasteiger charge is 2.35. The monoisotopic (exact) mass is 278 g/mol. The standard InChI is InChI=1S/C16H23FN2O/c1-11-4-3-7-16(9-11,10-18)19-15(20)14-6-5-13(17)8-12(14)2/h5-6,8,11H,3-4,7,9-10,18H2,1-2H3,(H,19,20). The number of halogens is 1. The Labute approximate surface area is 119 Å². The highest BCUT2D eigenvalue weighted by molar-refractivity contribution is 5.96. The van der Waals surface area contributed by atoms with E-state index in [1.807, 2.05) is 0 Å². The molecule has 1 aromatic carbocycles. The van der Waals surface area contributed by atoms with Crippen molar-refractivity contribution in [3.8, 4) is 0 Å². The number of nitrogens with one attached hydrogen (secondary N) is 1. The molecule has 2 rings (SSSR count). The summed E-state index contributed by atoms with van der Waals surface area (Å²) in [7, 11) is 0. The summed E-state index contributed by atoms with van der Waals surface area (Å²) < 4.78 is 13.1. The number of hydrogen-bond donors (Lipinski definition) is 2. The van der Waals surface area contributed by atoms with Crippen molar-refractivity contribution >= 4 is 5.91 Å². The molecule has 1 aliphatic carbocycles. The van der Waals surface area contributed by atoms with Crippen LogP contribution in [0.25, 0.3) is 0 Å². The van der Waals surface area contributed by atoms with Gasteiger partial charge in [0.1, 0.15) is 5.82 Å². The normalized spacial score (nSPS) is 26.3. The fraction of sp³-hybridized carbons (Fsp3) is 0.562. The summed E-state index contributed by atoms with van der Waals surface area (Å²) >= 11 is 0. The Balaban J connectivity index is 2.16. The fourth-order valence-corrected chi connectivity index (χ4v) is 3.20. The predicted molar refractivity (Wildman–Crippen MR) is 78.0 cm³/mol.